The van der Waals surface area contributed by atoms with E-state index in [9.17, 15) is 0 Å². The van der Waals surface area contributed by atoms with Crippen LogP contribution in [-0.2, 0) is 0 Å². The second-order valence-corrected chi connectivity index (χ2v) is 4.56. The van der Waals surface area contributed by atoms with Crippen LogP contribution >= 0.6 is 0 Å². The molecule has 1 fully saturated rings. The molecule has 0 radical (unpaired) electrons. The van der Waals surface area contributed by atoms with E-state index in [1.165, 1.54) is 25.7 Å². The first kappa shape index (κ1) is 9.96. The molecule has 1 rings (SSSR count). The Morgan fingerprint density at radius 2 is 1.42 bits per heavy atom. The molecule has 3 nitrogen and oxygen atoms in total. The topological polar surface area (TPSA) is 52.0 Å². The maximum Gasteiger partial charge on any atom is 0.131 e. The molecule has 0 aromatic carbocycles. The molecule has 0 spiro atoms. The van der Waals surface area contributed by atoms with Gasteiger partial charge in [0.25, 0.3) is 0 Å². The number of hydrogen-bond acceptors (Lipinski definition) is 2. The smallest absolute Gasteiger partial charge is 0.131 e. The maximum absolute atomic E-state index is 5.93. The molecule has 12 heavy (non-hydrogen) atoms. The Labute approximate surface area is 75.2 Å². The lowest BCUT2D eigenvalue weighted by molar-refractivity contribution is -0.981. The van der Waals surface area contributed by atoms with E-state index in [4.69, 9.17) is 11.7 Å². The van der Waals surface area contributed by atoms with Gasteiger partial charge in [0.1, 0.15) is 12.6 Å². The SMILES string of the molecule is CC1([N+](C)(N)N)CCCCCC1. The van der Waals surface area contributed by atoms with Gasteiger partial charge in [-0.05, 0) is 19.8 Å². The largest absolute Gasteiger partial charge is 0.174 e. The molecule has 0 bridgehead atoms. The zero-order valence-electron chi connectivity index (χ0n) is 8.34. The molecule has 0 amide bonds. The highest BCUT2D eigenvalue weighted by Crippen LogP contribution is 2.31. The average molecular weight is 172 g/mol. The first-order chi connectivity index (χ1) is 5.46. The minimum absolute atomic E-state index is 0.0938. The molecule has 1 aliphatic rings. The Balaban J connectivity index is 2.67. The molecular formula is C9H22N3+. The first-order valence-corrected chi connectivity index (χ1v) is 4.89. The van der Waals surface area contributed by atoms with Gasteiger partial charge in [0.2, 0.25) is 0 Å². The fourth-order valence-corrected chi connectivity index (χ4v) is 1.97. The molecule has 0 atom stereocenters. The molecule has 0 heterocycles. The summed E-state index contributed by atoms with van der Waals surface area (Å²) in [6.45, 7) is 2.21. The zero-order chi connectivity index (χ0) is 9.24. The molecule has 1 aliphatic carbocycles. The quantitative estimate of drug-likeness (QED) is 0.271. The second kappa shape index (κ2) is 3.32. The number of hydrogen-bond donors (Lipinski definition) is 2. The number of nitrogens with two attached hydrogens (primary N) is 2. The third-order valence-electron chi connectivity index (χ3n) is 3.34. The molecule has 0 unspecified atom stereocenters. The van der Waals surface area contributed by atoms with Gasteiger partial charge in [0.15, 0.2) is 0 Å². The van der Waals surface area contributed by atoms with Gasteiger partial charge < -0.3 is 0 Å². The lowest BCUT2D eigenvalue weighted by atomic mass is 9.91. The van der Waals surface area contributed by atoms with Gasteiger partial charge in [0, 0.05) is 12.8 Å². The van der Waals surface area contributed by atoms with E-state index >= 15 is 0 Å². The van der Waals surface area contributed by atoms with E-state index < -0.39 is 0 Å². The van der Waals surface area contributed by atoms with Crippen molar-refractivity contribution in [2.75, 3.05) is 7.05 Å². The monoisotopic (exact) mass is 172 g/mol. The lowest BCUT2D eigenvalue weighted by Gasteiger charge is -2.40. The van der Waals surface area contributed by atoms with Crippen molar-refractivity contribution in [1.82, 2.24) is 0 Å². The number of rotatable bonds is 1. The van der Waals surface area contributed by atoms with Crippen molar-refractivity contribution in [3.63, 3.8) is 0 Å². The van der Waals surface area contributed by atoms with Gasteiger partial charge in [-0.3, -0.25) is 0 Å². The lowest BCUT2D eigenvalue weighted by Crippen LogP contribution is -2.69. The summed E-state index contributed by atoms with van der Waals surface area (Å²) < 4.78 is 0.132. The second-order valence-electron chi connectivity index (χ2n) is 4.56. The molecule has 1 saturated carbocycles. The predicted molar refractivity (Wildman–Crippen MR) is 50.7 cm³/mol. The highest BCUT2D eigenvalue weighted by molar-refractivity contribution is 4.77. The van der Waals surface area contributed by atoms with Crippen LogP contribution in [0.5, 0.6) is 0 Å². The molecule has 0 saturated heterocycles. The van der Waals surface area contributed by atoms with Crippen LogP contribution in [0.4, 0.5) is 0 Å². The molecular weight excluding hydrogens is 150 g/mol. The Hall–Kier alpha value is -0.120. The van der Waals surface area contributed by atoms with Crippen molar-refractivity contribution in [2.45, 2.75) is 51.0 Å². The van der Waals surface area contributed by atoms with E-state index in [1.54, 1.807) is 0 Å². The van der Waals surface area contributed by atoms with E-state index in [2.05, 4.69) is 6.92 Å². The minimum Gasteiger partial charge on any atom is -0.174 e. The predicted octanol–water partition coefficient (Wildman–Crippen LogP) is 1.29. The summed E-state index contributed by atoms with van der Waals surface area (Å²) in [4.78, 5) is 0. The molecule has 0 aromatic heterocycles. The van der Waals surface area contributed by atoms with E-state index in [1.807, 2.05) is 7.05 Å². The summed E-state index contributed by atoms with van der Waals surface area (Å²) >= 11 is 0. The Morgan fingerprint density at radius 1 is 1.00 bits per heavy atom. The first-order valence-electron chi connectivity index (χ1n) is 4.89. The highest BCUT2D eigenvalue weighted by Gasteiger charge is 2.40. The van der Waals surface area contributed by atoms with Gasteiger partial charge in [-0.15, -0.1) is 0 Å². The van der Waals surface area contributed by atoms with Crippen molar-refractivity contribution in [3.05, 3.63) is 0 Å². The van der Waals surface area contributed by atoms with E-state index in [0.717, 1.165) is 12.8 Å². The van der Waals surface area contributed by atoms with Crippen LogP contribution in [0, 0.1) is 0 Å². The Morgan fingerprint density at radius 3 is 1.75 bits per heavy atom. The molecule has 4 N–H and O–H groups in total. The molecule has 72 valence electrons. The van der Waals surface area contributed by atoms with Gasteiger partial charge >= 0.3 is 0 Å². The van der Waals surface area contributed by atoms with Gasteiger partial charge in [-0.2, -0.15) is 16.4 Å². The van der Waals surface area contributed by atoms with Crippen molar-refractivity contribution in [2.24, 2.45) is 11.7 Å². The van der Waals surface area contributed by atoms with Gasteiger partial charge in [-0.25, -0.2) is 0 Å². The van der Waals surface area contributed by atoms with Crippen molar-refractivity contribution < 1.29 is 4.70 Å². The van der Waals surface area contributed by atoms with Crippen LogP contribution in [-0.4, -0.2) is 17.3 Å². The zero-order valence-corrected chi connectivity index (χ0v) is 8.34. The van der Waals surface area contributed by atoms with Crippen molar-refractivity contribution in [3.8, 4) is 0 Å². The summed E-state index contributed by atoms with van der Waals surface area (Å²) in [6.07, 6.45) is 7.57. The van der Waals surface area contributed by atoms with E-state index in [0.29, 0.717) is 0 Å². The third-order valence-corrected chi connectivity index (χ3v) is 3.34. The van der Waals surface area contributed by atoms with Crippen molar-refractivity contribution >= 4 is 0 Å². The Kier molecular flexibility index (Phi) is 2.76. The summed E-state index contributed by atoms with van der Waals surface area (Å²) in [5, 5.41) is 0. The molecule has 3 heteroatoms. The van der Waals surface area contributed by atoms with Crippen LogP contribution in [0.2, 0.25) is 0 Å². The number of quaternary nitrogens is 1. The van der Waals surface area contributed by atoms with Crippen molar-refractivity contribution in [1.29, 1.82) is 0 Å². The van der Waals surface area contributed by atoms with Crippen LogP contribution in [0.25, 0.3) is 0 Å². The minimum atomic E-state index is 0.0938. The summed E-state index contributed by atoms with van der Waals surface area (Å²) in [7, 11) is 1.89. The van der Waals surface area contributed by atoms with Crippen LogP contribution in [0.1, 0.15) is 45.4 Å². The maximum atomic E-state index is 5.93. The fourth-order valence-electron chi connectivity index (χ4n) is 1.97. The molecule has 0 aromatic rings. The average Bonchev–Trinajstić information content (AvgIpc) is 2.12. The van der Waals surface area contributed by atoms with Crippen LogP contribution < -0.4 is 11.7 Å². The summed E-state index contributed by atoms with van der Waals surface area (Å²) in [5.74, 6) is 11.9. The third kappa shape index (κ3) is 1.97. The Bertz CT molecular complexity index is 140. The number of nitrogens with zero attached hydrogens (tertiary/aromatic N) is 1. The molecule has 0 aliphatic heterocycles. The fraction of sp³-hybridized carbons (Fsp3) is 1.00. The van der Waals surface area contributed by atoms with Crippen LogP contribution in [0.15, 0.2) is 0 Å². The van der Waals surface area contributed by atoms with Gasteiger partial charge in [0.05, 0.1) is 0 Å². The van der Waals surface area contributed by atoms with E-state index in [-0.39, 0.29) is 10.2 Å². The summed E-state index contributed by atoms with van der Waals surface area (Å²) in [5.41, 5.74) is 0.0938. The summed E-state index contributed by atoms with van der Waals surface area (Å²) in [6, 6.07) is 0. The normalized spacial score (nSPS) is 25.0. The standard InChI is InChI=1S/C9H22N3/c1-9(12(2,10)11)7-5-3-4-6-8-9/h3-8,10-11H2,1-2H3/q+1. The highest BCUT2D eigenvalue weighted by atomic mass is 15.8. The van der Waals surface area contributed by atoms with Gasteiger partial charge in [-0.1, -0.05) is 12.8 Å². The van der Waals surface area contributed by atoms with Crippen LogP contribution in [0.3, 0.4) is 0 Å².